The number of carbonyl (C=O) groups is 1. The summed E-state index contributed by atoms with van der Waals surface area (Å²) < 4.78 is 18.7. The van der Waals surface area contributed by atoms with Crippen molar-refractivity contribution in [2.45, 2.75) is 19.9 Å². The molecule has 172 valence electrons. The second-order valence-electron chi connectivity index (χ2n) is 7.61. The Morgan fingerprint density at radius 1 is 1.27 bits per heavy atom. The van der Waals surface area contributed by atoms with Crippen molar-refractivity contribution in [1.29, 1.82) is 0 Å². The van der Waals surface area contributed by atoms with Crippen LogP contribution in [0.4, 0.5) is 5.88 Å². The molecule has 0 unspecified atom stereocenters. The summed E-state index contributed by atoms with van der Waals surface area (Å²) in [6.45, 7) is 3.71. The smallest absolute Gasteiger partial charge is 0.338 e. The highest BCUT2D eigenvalue weighted by atomic mass is 32.1. The molecule has 3 aromatic rings. The molecule has 1 atom stereocenters. The van der Waals surface area contributed by atoms with Gasteiger partial charge in [-0.25, -0.2) is 9.79 Å². The van der Waals surface area contributed by atoms with Gasteiger partial charge in [-0.3, -0.25) is 9.36 Å². The average molecular weight is 468 g/mol. The zero-order valence-electron chi connectivity index (χ0n) is 19.1. The van der Waals surface area contributed by atoms with Gasteiger partial charge in [-0.1, -0.05) is 29.5 Å². The van der Waals surface area contributed by atoms with Crippen molar-refractivity contribution >= 4 is 29.3 Å². The lowest BCUT2D eigenvalue weighted by atomic mass is 9.95. The van der Waals surface area contributed by atoms with Crippen LogP contribution in [0.3, 0.4) is 0 Å². The summed E-state index contributed by atoms with van der Waals surface area (Å²) in [5.41, 5.74) is 1.22. The van der Waals surface area contributed by atoms with E-state index in [1.807, 2.05) is 43.3 Å². The van der Waals surface area contributed by atoms with Crippen LogP contribution >= 0.6 is 11.3 Å². The third kappa shape index (κ3) is 4.11. The lowest BCUT2D eigenvalue weighted by Gasteiger charge is -2.25. The number of hydrogen-bond acceptors (Lipinski definition) is 8. The van der Waals surface area contributed by atoms with Gasteiger partial charge in [0.05, 0.1) is 29.5 Å². The van der Waals surface area contributed by atoms with Crippen molar-refractivity contribution in [3.05, 3.63) is 78.7 Å². The number of thiazole rings is 1. The number of furan rings is 1. The molecule has 0 spiro atoms. The van der Waals surface area contributed by atoms with E-state index in [0.717, 1.165) is 0 Å². The van der Waals surface area contributed by atoms with E-state index in [1.165, 1.54) is 15.9 Å². The van der Waals surface area contributed by atoms with Crippen molar-refractivity contribution in [2.75, 3.05) is 32.7 Å². The number of ether oxygens (including phenoxy) is 2. The summed E-state index contributed by atoms with van der Waals surface area (Å²) >= 11 is 1.24. The van der Waals surface area contributed by atoms with Gasteiger partial charge >= 0.3 is 5.97 Å². The maximum absolute atomic E-state index is 13.6. The van der Waals surface area contributed by atoms with Crippen LogP contribution in [0.15, 0.2) is 61.9 Å². The van der Waals surface area contributed by atoms with E-state index >= 15 is 0 Å². The van der Waals surface area contributed by atoms with Gasteiger partial charge < -0.3 is 18.8 Å². The number of anilines is 1. The first kappa shape index (κ1) is 22.6. The van der Waals surface area contributed by atoms with Crippen molar-refractivity contribution in [3.63, 3.8) is 0 Å². The first-order chi connectivity index (χ1) is 15.8. The molecule has 0 aliphatic carbocycles. The highest BCUT2D eigenvalue weighted by Gasteiger charge is 2.34. The summed E-state index contributed by atoms with van der Waals surface area (Å²) in [6, 6.07) is 10.2. The second-order valence-corrected chi connectivity index (χ2v) is 8.62. The predicted molar refractivity (Wildman–Crippen MR) is 126 cm³/mol. The molecule has 2 aromatic heterocycles. The molecule has 0 fully saturated rings. The number of hydrogen-bond donors (Lipinski definition) is 0. The first-order valence-corrected chi connectivity index (χ1v) is 11.3. The van der Waals surface area contributed by atoms with Crippen LogP contribution in [-0.4, -0.2) is 38.3 Å². The molecule has 1 aliphatic heterocycles. The van der Waals surface area contributed by atoms with Crippen LogP contribution in [0.2, 0.25) is 0 Å². The topological polar surface area (TPSA) is 86.3 Å². The molecule has 3 heterocycles. The second kappa shape index (κ2) is 9.11. The minimum Gasteiger partial charge on any atom is -0.496 e. The maximum atomic E-state index is 13.6. The number of para-hydroxylation sites is 1. The Balaban J connectivity index is 1.96. The van der Waals surface area contributed by atoms with Gasteiger partial charge in [0.2, 0.25) is 0 Å². The standard InChI is InChI=1S/C24H25N3O5S/c1-6-31-23(29)20-14(2)25-24-27(21(20)16-9-7-8-10-17(16)30-5)22(28)18(33-24)13-15-11-12-19(32-15)26(3)4/h7-13,21H,6H2,1-5H3/b18-13-/t21-/m1/s1. The van der Waals surface area contributed by atoms with Crippen molar-refractivity contribution in [2.24, 2.45) is 4.99 Å². The Hall–Kier alpha value is -3.59. The molecule has 33 heavy (non-hydrogen) atoms. The SMILES string of the molecule is CCOC(=O)C1=C(C)N=c2s/c(=C\c3ccc(N(C)C)o3)c(=O)n2[C@@H]1c1ccccc1OC. The summed E-state index contributed by atoms with van der Waals surface area (Å²) in [5.74, 6) is 1.29. The first-order valence-electron chi connectivity index (χ1n) is 10.5. The minimum atomic E-state index is -0.729. The molecule has 0 saturated carbocycles. The van der Waals surface area contributed by atoms with Crippen molar-refractivity contribution < 1.29 is 18.7 Å². The molecular formula is C24H25N3O5S. The number of esters is 1. The Morgan fingerprint density at radius 3 is 2.70 bits per heavy atom. The van der Waals surface area contributed by atoms with E-state index in [9.17, 15) is 9.59 Å². The molecule has 0 N–H and O–H groups in total. The van der Waals surface area contributed by atoms with E-state index < -0.39 is 12.0 Å². The van der Waals surface area contributed by atoms with Gasteiger partial charge in [0, 0.05) is 31.8 Å². The third-order valence-corrected chi connectivity index (χ3v) is 6.26. The quantitative estimate of drug-likeness (QED) is 0.518. The van der Waals surface area contributed by atoms with Crippen LogP contribution < -0.4 is 24.5 Å². The molecule has 4 rings (SSSR count). The molecule has 8 nitrogen and oxygen atoms in total. The molecule has 9 heteroatoms. The third-order valence-electron chi connectivity index (χ3n) is 5.28. The number of rotatable bonds is 6. The molecule has 0 saturated heterocycles. The average Bonchev–Trinajstić information content (AvgIpc) is 3.38. The Kier molecular flexibility index (Phi) is 6.24. The zero-order valence-corrected chi connectivity index (χ0v) is 19.9. The lowest BCUT2D eigenvalue weighted by molar-refractivity contribution is -0.139. The highest BCUT2D eigenvalue weighted by Crippen LogP contribution is 2.35. The Morgan fingerprint density at radius 2 is 2.03 bits per heavy atom. The minimum absolute atomic E-state index is 0.214. The van der Waals surface area contributed by atoms with Gasteiger partial charge in [0.25, 0.3) is 5.56 Å². The van der Waals surface area contributed by atoms with Crippen LogP contribution in [0.25, 0.3) is 6.08 Å². The fraction of sp³-hybridized carbons (Fsp3) is 0.292. The molecule has 0 radical (unpaired) electrons. The van der Waals surface area contributed by atoms with Crippen molar-refractivity contribution in [3.8, 4) is 5.75 Å². The number of fused-ring (bicyclic) bond motifs is 1. The highest BCUT2D eigenvalue weighted by molar-refractivity contribution is 7.07. The number of methoxy groups -OCH3 is 1. The Labute approximate surface area is 194 Å². The fourth-order valence-electron chi connectivity index (χ4n) is 3.77. The molecule has 1 aromatic carbocycles. The monoisotopic (exact) mass is 467 g/mol. The van der Waals surface area contributed by atoms with Crippen molar-refractivity contribution in [1.82, 2.24) is 4.57 Å². The molecular weight excluding hydrogens is 442 g/mol. The van der Waals surface area contributed by atoms with Gasteiger partial charge in [-0.15, -0.1) is 0 Å². The van der Waals surface area contributed by atoms with E-state index in [0.29, 0.717) is 43.6 Å². The van der Waals surface area contributed by atoms with Crippen LogP contribution in [0, 0.1) is 0 Å². The lowest BCUT2D eigenvalue weighted by Crippen LogP contribution is -2.40. The number of nitrogens with zero attached hydrogens (tertiary/aromatic N) is 3. The predicted octanol–water partition coefficient (Wildman–Crippen LogP) is 2.47. The van der Waals surface area contributed by atoms with Gasteiger partial charge in [0.1, 0.15) is 17.6 Å². The van der Waals surface area contributed by atoms with Crippen LogP contribution in [0.5, 0.6) is 5.75 Å². The van der Waals surface area contributed by atoms with E-state index in [4.69, 9.17) is 13.9 Å². The van der Waals surface area contributed by atoms with E-state index in [-0.39, 0.29) is 12.2 Å². The Bertz CT molecular complexity index is 1410. The van der Waals surface area contributed by atoms with Gasteiger partial charge in [-0.2, -0.15) is 0 Å². The summed E-state index contributed by atoms with van der Waals surface area (Å²) in [4.78, 5) is 33.5. The number of carbonyl (C=O) groups excluding carboxylic acids is 1. The van der Waals surface area contributed by atoms with Gasteiger partial charge in [0.15, 0.2) is 10.7 Å². The number of allylic oxidation sites excluding steroid dienone is 1. The normalized spacial score (nSPS) is 15.8. The molecule has 0 bridgehead atoms. The summed E-state index contributed by atoms with van der Waals surface area (Å²) in [7, 11) is 5.31. The van der Waals surface area contributed by atoms with E-state index in [1.54, 1.807) is 39.2 Å². The zero-order chi connectivity index (χ0) is 23.7. The molecule has 1 aliphatic rings. The summed E-state index contributed by atoms with van der Waals surface area (Å²) in [6.07, 6.45) is 1.69. The van der Waals surface area contributed by atoms with E-state index in [2.05, 4.69) is 4.99 Å². The maximum Gasteiger partial charge on any atom is 0.338 e. The summed E-state index contributed by atoms with van der Waals surface area (Å²) in [5, 5.41) is 0. The number of benzene rings is 1. The fourth-order valence-corrected chi connectivity index (χ4v) is 4.79. The van der Waals surface area contributed by atoms with Crippen LogP contribution in [-0.2, 0) is 9.53 Å². The molecule has 0 amide bonds. The number of aromatic nitrogens is 1. The van der Waals surface area contributed by atoms with Gasteiger partial charge in [-0.05, 0) is 26.0 Å². The largest absolute Gasteiger partial charge is 0.496 e. The van der Waals surface area contributed by atoms with Crippen LogP contribution in [0.1, 0.15) is 31.2 Å².